The monoisotopic (exact) mass is 271 g/mol. The molecule has 0 unspecified atom stereocenters. The molecular weight excluding hydrogens is 250 g/mol. The normalized spacial score (nSPS) is 16.4. The number of nitrogens with zero attached hydrogens (tertiary/aromatic N) is 5. The van der Waals surface area contributed by atoms with Gasteiger partial charge in [-0.2, -0.15) is 0 Å². The van der Waals surface area contributed by atoms with E-state index in [0.717, 1.165) is 32.6 Å². The number of hydrogen-bond donors (Lipinski definition) is 0. The lowest BCUT2D eigenvalue weighted by atomic mass is 10.1. The SMILES string of the molecule is CN1CCN(c2ccc(C=CCCN=[N+]=[N-])cc2)CC1. The van der Waals surface area contributed by atoms with Crippen LogP contribution in [-0.2, 0) is 0 Å². The Kier molecular flexibility index (Phi) is 5.47. The molecule has 1 aromatic carbocycles. The predicted molar refractivity (Wildman–Crippen MR) is 83.8 cm³/mol. The molecule has 0 saturated carbocycles. The minimum atomic E-state index is 0.520. The number of likely N-dealkylation sites (N-methyl/N-ethyl adjacent to an activating group) is 1. The standard InChI is InChI=1S/C15H21N5/c1-19-10-12-20(13-11-19)15-7-5-14(6-8-15)4-2-3-9-17-18-16/h2,4-8H,3,9-13H2,1H3. The second-order valence-electron chi connectivity index (χ2n) is 5.03. The summed E-state index contributed by atoms with van der Waals surface area (Å²) in [6, 6.07) is 8.63. The van der Waals surface area contributed by atoms with E-state index in [0.29, 0.717) is 6.54 Å². The second kappa shape index (κ2) is 7.58. The van der Waals surface area contributed by atoms with Gasteiger partial charge in [-0.25, -0.2) is 0 Å². The van der Waals surface area contributed by atoms with Gasteiger partial charge in [0.15, 0.2) is 0 Å². The van der Waals surface area contributed by atoms with Gasteiger partial charge in [0, 0.05) is 43.3 Å². The molecule has 0 aromatic heterocycles. The van der Waals surface area contributed by atoms with Crippen molar-refractivity contribution in [2.75, 3.05) is 44.7 Å². The maximum atomic E-state index is 8.18. The van der Waals surface area contributed by atoms with Crippen molar-refractivity contribution in [3.63, 3.8) is 0 Å². The van der Waals surface area contributed by atoms with Crippen molar-refractivity contribution in [1.82, 2.24) is 4.90 Å². The van der Waals surface area contributed by atoms with Crippen LogP contribution in [0.4, 0.5) is 5.69 Å². The molecule has 1 aliphatic heterocycles. The topological polar surface area (TPSA) is 55.2 Å². The molecule has 5 nitrogen and oxygen atoms in total. The first-order valence-corrected chi connectivity index (χ1v) is 7.00. The highest BCUT2D eigenvalue weighted by Gasteiger charge is 2.13. The van der Waals surface area contributed by atoms with Gasteiger partial charge in [0.05, 0.1) is 0 Å². The van der Waals surface area contributed by atoms with E-state index < -0.39 is 0 Å². The van der Waals surface area contributed by atoms with Crippen LogP contribution in [-0.4, -0.2) is 44.7 Å². The Hall–Kier alpha value is -1.97. The zero-order chi connectivity index (χ0) is 14.2. The number of hydrogen-bond acceptors (Lipinski definition) is 3. The Morgan fingerprint density at radius 2 is 1.90 bits per heavy atom. The first-order chi connectivity index (χ1) is 9.79. The first kappa shape index (κ1) is 14.4. The summed E-state index contributed by atoms with van der Waals surface area (Å²) in [5, 5.41) is 3.50. The fourth-order valence-corrected chi connectivity index (χ4v) is 2.26. The van der Waals surface area contributed by atoms with E-state index in [2.05, 4.69) is 57.2 Å². The van der Waals surface area contributed by atoms with Gasteiger partial charge in [0.25, 0.3) is 0 Å². The third-order valence-electron chi connectivity index (χ3n) is 3.53. The summed E-state index contributed by atoms with van der Waals surface area (Å²) in [7, 11) is 2.17. The quantitative estimate of drug-likeness (QED) is 0.357. The van der Waals surface area contributed by atoms with E-state index >= 15 is 0 Å². The van der Waals surface area contributed by atoms with Crippen LogP contribution in [0.5, 0.6) is 0 Å². The van der Waals surface area contributed by atoms with E-state index in [9.17, 15) is 0 Å². The molecule has 1 saturated heterocycles. The summed E-state index contributed by atoms with van der Waals surface area (Å²) >= 11 is 0. The molecule has 0 N–H and O–H groups in total. The molecule has 0 spiro atoms. The molecule has 1 aliphatic rings. The molecule has 1 heterocycles. The summed E-state index contributed by atoms with van der Waals surface area (Å²) in [6.07, 6.45) is 4.89. The lowest BCUT2D eigenvalue weighted by Crippen LogP contribution is -2.44. The smallest absolute Gasteiger partial charge is 0.0367 e. The average molecular weight is 271 g/mol. The van der Waals surface area contributed by atoms with E-state index in [4.69, 9.17) is 5.53 Å². The van der Waals surface area contributed by atoms with Crippen molar-refractivity contribution in [3.05, 3.63) is 46.3 Å². The zero-order valence-electron chi connectivity index (χ0n) is 11.9. The average Bonchev–Trinajstić information content (AvgIpc) is 2.49. The molecule has 0 atom stereocenters. The number of piperazine rings is 1. The van der Waals surface area contributed by atoms with Gasteiger partial charge in [-0.1, -0.05) is 29.4 Å². The van der Waals surface area contributed by atoms with Crippen molar-refractivity contribution >= 4 is 11.8 Å². The maximum absolute atomic E-state index is 8.18. The van der Waals surface area contributed by atoms with Crippen LogP contribution < -0.4 is 4.90 Å². The molecule has 20 heavy (non-hydrogen) atoms. The highest BCUT2D eigenvalue weighted by atomic mass is 15.2. The van der Waals surface area contributed by atoms with E-state index in [1.54, 1.807) is 0 Å². The van der Waals surface area contributed by atoms with Crippen LogP contribution in [0.25, 0.3) is 16.5 Å². The van der Waals surface area contributed by atoms with Gasteiger partial charge >= 0.3 is 0 Å². The third-order valence-corrected chi connectivity index (χ3v) is 3.53. The minimum absolute atomic E-state index is 0.520. The summed E-state index contributed by atoms with van der Waals surface area (Å²) in [5.74, 6) is 0. The molecule has 2 rings (SSSR count). The molecule has 1 aromatic rings. The fraction of sp³-hybridized carbons (Fsp3) is 0.467. The summed E-state index contributed by atoms with van der Waals surface area (Å²) < 4.78 is 0. The molecule has 0 amide bonds. The van der Waals surface area contributed by atoms with Gasteiger partial charge < -0.3 is 9.80 Å². The highest BCUT2D eigenvalue weighted by molar-refractivity contribution is 5.56. The summed E-state index contributed by atoms with van der Waals surface area (Å²) in [4.78, 5) is 7.52. The van der Waals surface area contributed by atoms with Crippen molar-refractivity contribution in [2.24, 2.45) is 5.11 Å². The van der Waals surface area contributed by atoms with Crippen LogP contribution in [0.3, 0.4) is 0 Å². The van der Waals surface area contributed by atoms with Gasteiger partial charge in [-0.05, 0) is 36.7 Å². The van der Waals surface area contributed by atoms with Gasteiger partial charge in [-0.15, -0.1) is 0 Å². The largest absolute Gasteiger partial charge is 0.369 e. The van der Waals surface area contributed by atoms with Crippen LogP contribution in [0.15, 0.2) is 35.5 Å². The lowest BCUT2D eigenvalue weighted by molar-refractivity contribution is 0.313. The molecule has 0 bridgehead atoms. The van der Waals surface area contributed by atoms with Gasteiger partial charge in [0.1, 0.15) is 0 Å². The van der Waals surface area contributed by atoms with Crippen LogP contribution >= 0.6 is 0 Å². The maximum Gasteiger partial charge on any atom is 0.0367 e. The predicted octanol–water partition coefficient (Wildman–Crippen LogP) is 3.15. The Morgan fingerprint density at radius 3 is 2.55 bits per heavy atom. The summed E-state index contributed by atoms with van der Waals surface area (Å²) in [6.45, 7) is 4.96. The third kappa shape index (κ3) is 4.30. The number of anilines is 1. The Bertz CT molecular complexity index is 479. The Labute approximate surface area is 120 Å². The van der Waals surface area contributed by atoms with Crippen molar-refractivity contribution in [1.29, 1.82) is 0 Å². The second-order valence-corrected chi connectivity index (χ2v) is 5.03. The zero-order valence-corrected chi connectivity index (χ0v) is 11.9. The van der Waals surface area contributed by atoms with Crippen molar-refractivity contribution < 1.29 is 0 Å². The van der Waals surface area contributed by atoms with E-state index in [1.165, 1.54) is 11.3 Å². The highest BCUT2D eigenvalue weighted by Crippen LogP contribution is 2.17. The first-order valence-electron chi connectivity index (χ1n) is 7.00. The lowest BCUT2D eigenvalue weighted by Gasteiger charge is -2.34. The molecule has 1 fully saturated rings. The fourth-order valence-electron chi connectivity index (χ4n) is 2.26. The van der Waals surface area contributed by atoms with Crippen molar-refractivity contribution in [2.45, 2.75) is 6.42 Å². The number of rotatable bonds is 5. The summed E-state index contributed by atoms with van der Waals surface area (Å²) in [5.41, 5.74) is 10.7. The molecule has 106 valence electrons. The number of benzene rings is 1. The molecule has 5 heteroatoms. The Morgan fingerprint density at radius 1 is 1.20 bits per heavy atom. The van der Waals surface area contributed by atoms with Crippen LogP contribution in [0, 0.1) is 0 Å². The Balaban J connectivity index is 1.87. The molecule has 0 radical (unpaired) electrons. The number of azide groups is 1. The minimum Gasteiger partial charge on any atom is -0.369 e. The van der Waals surface area contributed by atoms with Gasteiger partial charge in [0.2, 0.25) is 0 Å². The van der Waals surface area contributed by atoms with E-state index in [1.807, 2.05) is 6.08 Å². The van der Waals surface area contributed by atoms with Gasteiger partial charge in [-0.3, -0.25) is 0 Å². The van der Waals surface area contributed by atoms with E-state index in [-0.39, 0.29) is 0 Å². The molecule has 0 aliphatic carbocycles. The molecular formula is C15H21N5. The van der Waals surface area contributed by atoms with Crippen molar-refractivity contribution in [3.8, 4) is 0 Å². The van der Waals surface area contributed by atoms with Crippen LogP contribution in [0.2, 0.25) is 0 Å². The van der Waals surface area contributed by atoms with Crippen LogP contribution in [0.1, 0.15) is 12.0 Å².